The Morgan fingerprint density at radius 3 is 2.19 bits per heavy atom. The van der Waals surface area contributed by atoms with Crippen molar-refractivity contribution in [1.82, 2.24) is 0 Å². The van der Waals surface area contributed by atoms with E-state index >= 15 is 0 Å². The lowest BCUT2D eigenvalue weighted by molar-refractivity contribution is -0.346. The Kier molecular flexibility index (Phi) is 7.43. The molecule has 4 aliphatic rings. The number of aliphatic hydroxyl groups is 2. The van der Waals surface area contributed by atoms with Crippen molar-refractivity contribution in [2.75, 3.05) is 26.4 Å². The molecule has 0 bridgehead atoms. The molecular weight excluding hydrogens is 356 g/mol. The lowest BCUT2D eigenvalue weighted by atomic mass is 9.99. The van der Waals surface area contributed by atoms with E-state index in [1.807, 2.05) is 19.9 Å². The van der Waals surface area contributed by atoms with Gasteiger partial charge in [-0.25, -0.2) is 0 Å². The maximum absolute atomic E-state index is 9.69. The second-order valence-corrected chi connectivity index (χ2v) is 7.82. The summed E-state index contributed by atoms with van der Waals surface area (Å²) < 4.78 is 32.7. The molecule has 4 heterocycles. The van der Waals surface area contributed by atoms with Gasteiger partial charge in [-0.05, 0) is 27.7 Å². The van der Waals surface area contributed by atoms with E-state index in [0.717, 1.165) is 0 Å². The van der Waals surface area contributed by atoms with Crippen LogP contribution in [0.1, 0.15) is 35.1 Å². The molecule has 0 saturated carbocycles. The molecule has 0 unspecified atom stereocenters. The van der Waals surface area contributed by atoms with Crippen LogP contribution in [-0.4, -0.2) is 84.8 Å². The summed E-state index contributed by atoms with van der Waals surface area (Å²) in [7, 11) is 0. The summed E-state index contributed by atoms with van der Waals surface area (Å²) in [5.41, 5.74) is 0. The van der Waals surface area contributed by atoms with E-state index in [4.69, 9.17) is 28.4 Å². The minimum atomic E-state index is -0.892. The molecule has 27 heavy (non-hydrogen) atoms. The fourth-order valence-corrected chi connectivity index (χ4v) is 3.28. The highest BCUT2D eigenvalue weighted by atomic mass is 16.7. The van der Waals surface area contributed by atoms with E-state index in [1.165, 1.54) is 0 Å². The topological polar surface area (TPSA) is 95.8 Å². The van der Waals surface area contributed by atoms with Gasteiger partial charge in [0.15, 0.2) is 11.6 Å². The normalized spacial score (nSPS) is 41.9. The van der Waals surface area contributed by atoms with Crippen LogP contribution >= 0.6 is 0 Å². The molecule has 0 aromatic heterocycles. The Balaban J connectivity index is 0.000000189. The zero-order valence-electron chi connectivity index (χ0n) is 15.8. The minimum Gasteiger partial charge on any atom is -0.388 e. The first-order chi connectivity index (χ1) is 12.2. The second kappa shape index (κ2) is 8.84. The van der Waals surface area contributed by atoms with Crippen molar-refractivity contribution in [1.29, 1.82) is 0 Å². The van der Waals surface area contributed by atoms with Crippen LogP contribution in [-0.2, 0) is 28.4 Å². The van der Waals surface area contributed by atoms with Gasteiger partial charge < -0.3 is 38.6 Å². The fourth-order valence-electron chi connectivity index (χ4n) is 3.28. The van der Waals surface area contributed by atoms with Crippen LogP contribution in [0.4, 0.5) is 0 Å². The van der Waals surface area contributed by atoms with Crippen LogP contribution in [0.5, 0.6) is 0 Å². The standard InChI is InChI=1S/C9H16O5.C9H14O3.CH4/c1-9(2)13-4-6-8(14-9)7(11)5(10)3-12-6;1-9(2)11-6-8-7(12-9)4-3-5-10-8;/h5-8,10-11H,3-4H2,1-2H3;3-4,7-8H,5-6H2,1-2H3;1H4/t5-,6+,7-,8-;7-,8-;/m10./s1. The van der Waals surface area contributed by atoms with Gasteiger partial charge in [0.1, 0.15) is 36.6 Å². The Hall–Kier alpha value is -0.580. The van der Waals surface area contributed by atoms with E-state index in [-0.39, 0.29) is 32.3 Å². The van der Waals surface area contributed by atoms with E-state index in [1.54, 1.807) is 13.8 Å². The molecule has 0 spiro atoms. The number of hydrogen-bond donors (Lipinski definition) is 2. The Morgan fingerprint density at radius 1 is 0.852 bits per heavy atom. The molecule has 4 aliphatic heterocycles. The Bertz CT molecular complexity index is 504. The summed E-state index contributed by atoms with van der Waals surface area (Å²) in [6, 6.07) is 0. The number of ether oxygens (including phenoxy) is 6. The van der Waals surface area contributed by atoms with Gasteiger partial charge in [0.05, 0.1) is 26.4 Å². The van der Waals surface area contributed by atoms with Crippen LogP contribution in [0.25, 0.3) is 0 Å². The van der Waals surface area contributed by atoms with Gasteiger partial charge in [0, 0.05) is 0 Å². The van der Waals surface area contributed by atoms with Crippen molar-refractivity contribution in [3.05, 3.63) is 12.2 Å². The number of rotatable bonds is 0. The molecular formula is C19H34O8. The quantitative estimate of drug-likeness (QED) is 0.591. The average Bonchev–Trinajstić information content (AvgIpc) is 2.58. The second-order valence-electron chi connectivity index (χ2n) is 7.82. The largest absolute Gasteiger partial charge is 0.388 e. The summed E-state index contributed by atoms with van der Waals surface area (Å²) in [6.45, 7) is 9.22. The van der Waals surface area contributed by atoms with E-state index in [2.05, 4.69) is 6.08 Å². The molecule has 0 radical (unpaired) electrons. The fraction of sp³-hybridized carbons (Fsp3) is 0.895. The summed E-state index contributed by atoms with van der Waals surface area (Å²) in [5.74, 6) is -1.19. The Labute approximate surface area is 161 Å². The maximum Gasteiger partial charge on any atom is 0.163 e. The van der Waals surface area contributed by atoms with Gasteiger partial charge in [-0.1, -0.05) is 19.6 Å². The molecule has 3 saturated heterocycles. The van der Waals surface area contributed by atoms with Crippen molar-refractivity contribution in [3.8, 4) is 0 Å². The molecule has 0 aromatic carbocycles. The Morgan fingerprint density at radius 2 is 1.48 bits per heavy atom. The van der Waals surface area contributed by atoms with Crippen molar-refractivity contribution in [2.45, 2.75) is 83.3 Å². The number of fused-ring (bicyclic) bond motifs is 2. The maximum atomic E-state index is 9.69. The van der Waals surface area contributed by atoms with E-state index < -0.39 is 29.9 Å². The average molecular weight is 390 g/mol. The van der Waals surface area contributed by atoms with Crippen molar-refractivity contribution in [3.63, 3.8) is 0 Å². The molecule has 158 valence electrons. The number of aliphatic hydroxyl groups excluding tert-OH is 2. The molecule has 4 rings (SSSR count). The van der Waals surface area contributed by atoms with Gasteiger partial charge in [0.2, 0.25) is 0 Å². The van der Waals surface area contributed by atoms with Crippen LogP contribution in [0.15, 0.2) is 12.2 Å². The van der Waals surface area contributed by atoms with Crippen LogP contribution in [0.2, 0.25) is 0 Å². The van der Waals surface area contributed by atoms with Crippen molar-refractivity contribution < 1.29 is 38.6 Å². The highest BCUT2D eigenvalue weighted by Gasteiger charge is 2.46. The molecule has 2 N–H and O–H groups in total. The third-order valence-electron chi connectivity index (χ3n) is 4.71. The zero-order valence-corrected chi connectivity index (χ0v) is 15.8. The highest BCUT2D eigenvalue weighted by molar-refractivity contribution is 5.00. The van der Waals surface area contributed by atoms with Crippen molar-refractivity contribution >= 4 is 0 Å². The lowest BCUT2D eigenvalue weighted by Crippen LogP contribution is -2.61. The van der Waals surface area contributed by atoms with E-state index in [9.17, 15) is 10.2 Å². The van der Waals surface area contributed by atoms with Crippen LogP contribution < -0.4 is 0 Å². The summed E-state index contributed by atoms with van der Waals surface area (Å²) in [6.07, 6.45) is 1.66. The zero-order chi connectivity index (χ0) is 18.9. The molecule has 0 aromatic rings. The first kappa shape index (κ1) is 22.7. The molecule has 3 fully saturated rings. The van der Waals surface area contributed by atoms with Gasteiger partial charge in [0.25, 0.3) is 0 Å². The first-order valence-corrected chi connectivity index (χ1v) is 9.06. The molecule has 0 aliphatic carbocycles. The third-order valence-corrected chi connectivity index (χ3v) is 4.71. The summed E-state index contributed by atoms with van der Waals surface area (Å²) >= 11 is 0. The molecule has 8 heteroatoms. The monoisotopic (exact) mass is 390 g/mol. The van der Waals surface area contributed by atoms with Gasteiger partial charge in [-0.15, -0.1) is 0 Å². The SMILES string of the molecule is C.CC1(C)OC[C@@H]2OCC=C[C@@H]2O1.CC1(C)OC[C@@H]2OC[C@@H](O)[C@@H](O)[C@@H]2O1. The van der Waals surface area contributed by atoms with Gasteiger partial charge in [-0.3, -0.25) is 0 Å². The van der Waals surface area contributed by atoms with Crippen molar-refractivity contribution in [2.24, 2.45) is 0 Å². The minimum absolute atomic E-state index is 0. The summed E-state index contributed by atoms with van der Waals surface area (Å²) in [4.78, 5) is 0. The van der Waals surface area contributed by atoms with Gasteiger partial charge in [-0.2, -0.15) is 0 Å². The van der Waals surface area contributed by atoms with E-state index in [0.29, 0.717) is 19.8 Å². The predicted molar refractivity (Wildman–Crippen MR) is 97.2 cm³/mol. The summed E-state index contributed by atoms with van der Waals surface area (Å²) in [5, 5.41) is 19.1. The molecule has 8 nitrogen and oxygen atoms in total. The molecule has 6 atom stereocenters. The van der Waals surface area contributed by atoms with Gasteiger partial charge >= 0.3 is 0 Å². The lowest BCUT2D eigenvalue weighted by Gasteiger charge is -2.46. The predicted octanol–water partition coefficient (Wildman–Crippen LogP) is 0.988. The first-order valence-electron chi connectivity index (χ1n) is 9.06. The molecule has 0 amide bonds. The third kappa shape index (κ3) is 5.71. The number of hydrogen-bond acceptors (Lipinski definition) is 8. The smallest absolute Gasteiger partial charge is 0.163 e. The van der Waals surface area contributed by atoms with Crippen LogP contribution in [0.3, 0.4) is 0 Å². The highest BCUT2D eigenvalue weighted by Crippen LogP contribution is 2.30. The van der Waals surface area contributed by atoms with Crippen LogP contribution in [0, 0.1) is 0 Å².